The zero-order valence-electron chi connectivity index (χ0n) is 16.0. The van der Waals surface area contributed by atoms with E-state index in [0.717, 1.165) is 28.8 Å². The van der Waals surface area contributed by atoms with Crippen LogP contribution >= 0.6 is 11.3 Å². The summed E-state index contributed by atoms with van der Waals surface area (Å²) in [6.07, 6.45) is 1.34. The molecular weight excluding hydrogens is 398 g/mol. The largest absolute Gasteiger partial charge is 0.302 e. The van der Waals surface area contributed by atoms with Gasteiger partial charge in [-0.25, -0.2) is 13.4 Å². The molecule has 3 aromatic rings. The molecule has 0 bridgehead atoms. The van der Waals surface area contributed by atoms with E-state index in [1.54, 1.807) is 28.9 Å². The molecule has 28 heavy (non-hydrogen) atoms. The van der Waals surface area contributed by atoms with Crippen LogP contribution in [0.25, 0.3) is 11.3 Å². The summed E-state index contributed by atoms with van der Waals surface area (Å²) in [6, 6.07) is 6.89. The maximum absolute atomic E-state index is 12.4. The van der Waals surface area contributed by atoms with Crippen molar-refractivity contribution in [3.63, 3.8) is 0 Å². The Kier molecular flexibility index (Phi) is 5.52. The Morgan fingerprint density at radius 2 is 1.89 bits per heavy atom. The van der Waals surface area contributed by atoms with Gasteiger partial charge >= 0.3 is 0 Å². The Balaban J connectivity index is 1.67. The number of benzene rings is 1. The number of anilines is 2. The van der Waals surface area contributed by atoms with Gasteiger partial charge in [0.2, 0.25) is 15.9 Å². The van der Waals surface area contributed by atoms with Crippen LogP contribution in [0.15, 0.2) is 29.6 Å². The number of thiazole rings is 1. The molecule has 10 heteroatoms. The van der Waals surface area contributed by atoms with Gasteiger partial charge in [-0.1, -0.05) is 12.1 Å². The quantitative estimate of drug-likeness (QED) is 0.639. The lowest BCUT2D eigenvalue weighted by atomic mass is 10.1. The predicted octanol–water partition coefficient (Wildman–Crippen LogP) is 2.71. The highest BCUT2D eigenvalue weighted by atomic mass is 32.2. The third kappa shape index (κ3) is 4.76. The molecular formula is C18H21N5O3S2. The number of carbonyl (C=O) groups is 1. The Morgan fingerprint density at radius 3 is 2.46 bits per heavy atom. The third-order valence-electron chi connectivity index (χ3n) is 4.23. The number of nitrogens with one attached hydrogen (secondary N) is 2. The molecule has 0 aliphatic heterocycles. The number of hydrogen-bond donors (Lipinski definition) is 2. The van der Waals surface area contributed by atoms with Crippen LogP contribution in [0.2, 0.25) is 0 Å². The van der Waals surface area contributed by atoms with E-state index in [9.17, 15) is 13.2 Å². The lowest BCUT2D eigenvalue weighted by molar-refractivity contribution is -0.115. The van der Waals surface area contributed by atoms with Crippen molar-refractivity contribution < 1.29 is 13.2 Å². The summed E-state index contributed by atoms with van der Waals surface area (Å²) in [5.74, 6) is -0.146. The van der Waals surface area contributed by atoms with Crippen LogP contribution in [0.5, 0.6) is 0 Å². The fraction of sp³-hybridized carbons (Fsp3) is 0.278. The first-order valence-corrected chi connectivity index (χ1v) is 11.2. The molecule has 0 aliphatic carbocycles. The summed E-state index contributed by atoms with van der Waals surface area (Å²) < 4.78 is 26.7. The van der Waals surface area contributed by atoms with Crippen LogP contribution in [0.3, 0.4) is 0 Å². The second kappa shape index (κ2) is 7.72. The molecule has 0 aliphatic rings. The van der Waals surface area contributed by atoms with Crippen molar-refractivity contribution in [2.75, 3.05) is 16.3 Å². The number of carbonyl (C=O) groups excluding carboxylic acids is 1. The molecule has 1 aromatic carbocycles. The molecule has 148 valence electrons. The zero-order valence-corrected chi connectivity index (χ0v) is 17.6. The molecule has 0 radical (unpaired) electrons. The summed E-state index contributed by atoms with van der Waals surface area (Å²) in [5.41, 5.74) is 4.76. The van der Waals surface area contributed by atoms with Gasteiger partial charge in [-0.2, -0.15) is 5.10 Å². The van der Waals surface area contributed by atoms with E-state index in [4.69, 9.17) is 0 Å². The van der Waals surface area contributed by atoms with Crippen molar-refractivity contribution >= 4 is 38.1 Å². The Hall–Kier alpha value is -2.72. The highest BCUT2D eigenvalue weighted by Gasteiger charge is 2.15. The van der Waals surface area contributed by atoms with Gasteiger partial charge < -0.3 is 5.32 Å². The molecule has 0 saturated heterocycles. The highest BCUT2D eigenvalue weighted by Crippen LogP contribution is 2.26. The molecule has 0 atom stereocenters. The highest BCUT2D eigenvalue weighted by molar-refractivity contribution is 7.92. The van der Waals surface area contributed by atoms with E-state index >= 15 is 0 Å². The van der Waals surface area contributed by atoms with Gasteiger partial charge in [0.05, 0.1) is 24.1 Å². The minimum absolute atomic E-state index is 0.146. The number of sulfonamides is 1. The fourth-order valence-corrected chi connectivity index (χ4v) is 4.08. The van der Waals surface area contributed by atoms with Gasteiger partial charge in [0.15, 0.2) is 5.13 Å². The normalized spacial score (nSPS) is 11.4. The number of nitrogens with zero attached hydrogens (tertiary/aromatic N) is 3. The standard InChI is InChI=1S/C18H21N5O3S2/c1-11-15(12(2)23(3)21-11)9-17(24)20-18-19-16(10-27-18)13-5-7-14(8-6-13)22-28(4,25)26/h5-8,10,22H,9H2,1-4H3,(H,19,20,24). The van der Waals surface area contributed by atoms with E-state index < -0.39 is 10.0 Å². The average molecular weight is 420 g/mol. The van der Waals surface area contributed by atoms with E-state index in [1.807, 2.05) is 26.3 Å². The first-order chi connectivity index (χ1) is 13.1. The maximum Gasteiger partial charge on any atom is 0.230 e. The summed E-state index contributed by atoms with van der Waals surface area (Å²) in [4.78, 5) is 16.8. The molecule has 2 heterocycles. The van der Waals surface area contributed by atoms with Crippen molar-refractivity contribution in [2.24, 2.45) is 7.05 Å². The van der Waals surface area contributed by atoms with Crippen LogP contribution in [0.1, 0.15) is 17.0 Å². The molecule has 0 spiro atoms. The minimum Gasteiger partial charge on any atom is -0.302 e. The van der Waals surface area contributed by atoms with Crippen molar-refractivity contribution in [3.8, 4) is 11.3 Å². The van der Waals surface area contributed by atoms with E-state index in [-0.39, 0.29) is 12.3 Å². The second-order valence-corrected chi connectivity index (χ2v) is 9.09. The van der Waals surface area contributed by atoms with E-state index in [1.165, 1.54) is 11.3 Å². The molecule has 2 aromatic heterocycles. The van der Waals surface area contributed by atoms with Gasteiger partial charge in [-0.3, -0.25) is 14.2 Å². The van der Waals surface area contributed by atoms with Crippen LogP contribution in [0, 0.1) is 13.8 Å². The van der Waals surface area contributed by atoms with Gasteiger partial charge in [-0.05, 0) is 26.0 Å². The zero-order chi connectivity index (χ0) is 20.5. The first-order valence-electron chi connectivity index (χ1n) is 8.45. The first kappa shape index (κ1) is 20.0. The Bertz CT molecular complexity index is 1110. The lowest BCUT2D eigenvalue weighted by Crippen LogP contribution is -2.15. The molecule has 0 unspecified atom stereocenters. The van der Waals surface area contributed by atoms with E-state index in [0.29, 0.717) is 16.5 Å². The van der Waals surface area contributed by atoms with Gasteiger partial charge in [-0.15, -0.1) is 11.3 Å². The van der Waals surface area contributed by atoms with Crippen molar-refractivity contribution in [1.82, 2.24) is 14.8 Å². The monoisotopic (exact) mass is 419 g/mol. The van der Waals surface area contributed by atoms with Gasteiger partial charge in [0, 0.05) is 34.9 Å². The number of amides is 1. The molecule has 0 saturated carbocycles. The third-order valence-corrected chi connectivity index (χ3v) is 5.59. The van der Waals surface area contributed by atoms with Crippen LogP contribution in [-0.2, 0) is 28.3 Å². The van der Waals surface area contributed by atoms with Crippen LogP contribution in [0.4, 0.5) is 10.8 Å². The van der Waals surface area contributed by atoms with Crippen LogP contribution in [-0.4, -0.2) is 35.3 Å². The Morgan fingerprint density at radius 1 is 1.21 bits per heavy atom. The average Bonchev–Trinajstić information content (AvgIpc) is 3.14. The van der Waals surface area contributed by atoms with Crippen molar-refractivity contribution in [2.45, 2.75) is 20.3 Å². The number of hydrogen-bond acceptors (Lipinski definition) is 6. The molecule has 1 amide bonds. The fourth-order valence-electron chi connectivity index (χ4n) is 2.78. The summed E-state index contributed by atoms with van der Waals surface area (Å²) in [6.45, 7) is 3.83. The maximum atomic E-state index is 12.4. The summed E-state index contributed by atoms with van der Waals surface area (Å²) in [5, 5.41) is 9.51. The smallest absolute Gasteiger partial charge is 0.230 e. The number of rotatable bonds is 6. The van der Waals surface area contributed by atoms with Gasteiger partial charge in [0.25, 0.3) is 0 Å². The van der Waals surface area contributed by atoms with Crippen LogP contribution < -0.4 is 10.0 Å². The van der Waals surface area contributed by atoms with Gasteiger partial charge in [0.1, 0.15) is 0 Å². The Labute approximate surface area is 167 Å². The van der Waals surface area contributed by atoms with E-state index in [2.05, 4.69) is 20.1 Å². The SMILES string of the molecule is Cc1nn(C)c(C)c1CC(=O)Nc1nc(-c2ccc(NS(C)(=O)=O)cc2)cs1. The van der Waals surface area contributed by atoms with Crippen molar-refractivity contribution in [3.05, 3.63) is 46.6 Å². The topological polar surface area (TPSA) is 106 Å². The summed E-state index contributed by atoms with van der Waals surface area (Å²) in [7, 11) is -1.46. The number of aromatic nitrogens is 3. The second-order valence-electron chi connectivity index (χ2n) is 6.49. The lowest BCUT2D eigenvalue weighted by Gasteiger charge is -2.04. The summed E-state index contributed by atoms with van der Waals surface area (Å²) >= 11 is 1.34. The predicted molar refractivity (Wildman–Crippen MR) is 111 cm³/mol. The molecule has 2 N–H and O–H groups in total. The molecule has 8 nitrogen and oxygen atoms in total. The minimum atomic E-state index is -3.31. The molecule has 3 rings (SSSR count). The van der Waals surface area contributed by atoms with Crippen molar-refractivity contribution in [1.29, 1.82) is 0 Å². The number of aryl methyl sites for hydroxylation is 2. The molecule has 0 fully saturated rings.